The first-order valence-electron chi connectivity index (χ1n) is 5.39. The molecule has 0 aromatic heterocycles. The average molecular weight is 229 g/mol. The van der Waals surface area contributed by atoms with E-state index < -0.39 is 7.12 Å². The summed E-state index contributed by atoms with van der Waals surface area (Å²) in [5.74, 6) is 0. The number of rotatable bonds is 2. The molecule has 17 heavy (non-hydrogen) atoms. The van der Waals surface area contributed by atoms with Crippen LogP contribution in [0.2, 0.25) is 0 Å². The molecule has 0 spiro atoms. The van der Waals surface area contributed by atoms with Crippen LogP contribution in [0.4, 0.5) is 0 Å². The molecule has 0 radical (unpaired) electrons. The van der Waals surface area contributed by atoms with Crippen LogP contribution in [-0.2, 0) is 6.54 Å². The highest BCUT2D eigenvalue weighted by Crippen LogP contribution is 1.94. The molecule has 0 aliphatic carbocycles. The van der Waals surface area contributed by atoms with Crippen LogP contribution in [0.15, 0.2) is 60.7 Å². The summed E-state index contributed by atoms with van der Waals surface area (Å²) in [6, 6.07) is 18.6. The molecule has 0 aliphatic rings. The Hall–Kier alpha value is -1.62. The fourth-order valence-electron chi connectivity index (χ4n) is 1.24. The van der Waals surface area contributed by atoms with Crippen molar-refractivity contribution in [3.63, 3.8) is 0 Å². The summed E-state index contributed by atoms with van der Waals surface area (Å²) in [5.41, 5.74) is 7.06. The second-order valence-electron chi connectivity index (χ2n) is 3.47. The minimum Gasteiger partial charge on any atom is -0.423 e. The maximum Gasteiger partial charge on any atom is 0.488 e. The van der Waals surface area contributed by atoms with E-state index in [1.54, 1.807) is 24.3 Å². The SMILES string of the molecule is NCc1ccccc1.OB(O)c1ccccc1. The van der Waals surface area contributed by atoms with Crippen LogP contribution in [-0.4, -0.2) is 17.2 Å². The van der Waals surface area contributed by atoms with Crippen molar-refractivity contribution in [1.29, 1.82) is 0 Å². The Labute approximate surface area is 102 Å². The van der Waals surface area contributed by atoms with Gasteiger partial charge in [-0.25, -0.2) is 0 Å². The van der Waals surface area contributed by atoms with Gasteiger partial charge < -0.3 is 15.8 Å². The predicted octanol–water partition coefficient (Wildman–Crippen LogP) is 0.512. The second-order valence-corrected chi connectivity index (χ2v) is 3.47. The fraction of sp³-hybridized carbons (Fsp3) is 0.0769. The van der Waals surface area contributed by atoms with Crippen molar-refractivity contribution >= 4 is 12.6 Å². The van der Waals surface area contributed by atoms with Gasteiger partial charge >= 0.3 is 7.12 Å². The molecule has 0 aliphatic heterocycles. The van der Waals surface area contributed by atoms with E-state index in [0.29, 0.717) is 12.0 Å². The smallest absolute Gasteiger partial charge is 0.423 e. The molecule has 0 heterocycles. The van der Waals surface area contributed by atoms with E-state index in [9.17, 15) is 0 Å². The van der Waals surface area contributed by atoms with E-state index in [2.05, 4.69) is 0 Å². The Bertz CT molecular complexity index is 406. The Balaban J connectivity index is 0.000000171. The third kappa shape index (κ3) is 5.31. The van der Waals surface area contributed by atoms with Gasteiger partial charge in [0.1, 0.15) is 0 Å². The zero-order chi connectivity index (χ0) is 12.5. The Morgan fingerprint density at radius 3 is 1.59 bits per heavy atom. The lowest BCUT2D eigenvalue weighted by atomic mass is 9.81. The highest BCUT2D eigenvalue weighted by Gasteiger charge is 2.07. The van der Waals surface area contributed by atoms with Gasteiger partial charge in [-0.05, 0) is 11.0 Å². The van der Waals surface area contributed by atoms with Gasteiger partial charge in [-0.1, -0.05) is 60.7 Å². The molecule has 0 saturated carbocycles. The largest absolute Gasteiger partial charge is 0.488 e. The molecule has 0 unspecified atom stereocenters. The lowest BCUT2D eigenvalue weighted by Crippen LogP contribution is -2.29. The van der Waals surface area contributed by atoms with Crippen molar-refractivity contribution < 1.29 is 10.0 Å². The van der Waals surface area contributed by atoms with E-state index in [4.69, 9.17) is 15.8 Å². The molecule has 2 aromatic rings. The third-order valence-corrected chi connectivity index (χ3v) is 2.18. The van der Waals surface area contributed by atoms with E-state index >= 15 is 0 Å². The molecular formula is C13H16BNO2. The van der Waals surface area contributed by atoms with Crippen LogP contribution in [0.1, 0.15) is 5.56 Å². The molecule has 3 nitrogen and oxygen atoms in total. The van der Waals surface area contributed by atoms with Gasteiger partial charge in [0.25, 0.3) is 0 Å². The van der Waals surface area contributed by atoms with Crippen molar-refractivity contribution in [3.05, 3.63) is 66.2 Å². The van der Waals surface area contributed by atoms with Gasteiger partial charge in [0.2, 0.25) is 0 Å². The van der Waals surface area contributed by atoms with Gasteiger partial charge in [0.15, 0.2) is 0 Å². The number of benzene rings is 2. The molecule has 0 atom stereocenters. The van der Waals surface area contributed by atoms with Crippen LogP contribution in [0.25, 0.3) is 0 Å². The molecule has 0 saturated heterocycles. The fourth-order valence-corrected chi connectivity index (χ4v) is 1.24. The number of hydrogen-bond acceptors (Lipinski definition) is 3. The maximum atomic E-state index is 8.58. The summed E-state index contributed by atoms with van der Waals surface area (Å²) in [7, 11) is -1.34. The Morgan fingerprint density at radius 1 is 0.824 bits per heavy atom. The molecule has 88 valence electrons. The standard InChI is InChI=1S/C7H9N.C6H7BO2/c8-6-7-4-2-1-3-5-7;8-7(9)6-4-2-1-3-5-6/h1-5H,6,8H2;1-5,8-9H. The molecule has 4 heteroatoms. The quantitative estimate of drug-likeness (QED) is 0.657. The highest BCUT2D eigenvalue weighted by molar-refractivity contribution is 6.58. The topological polar surface area (TPSA) is 66.5 Å². The van der Waals surface area contributed by atoms with Crippen LogP contribution >= 0.6 is 0 Å². The van der Waals surface area contributed by atoms with E-state index in [-0.39, 0.29) is 0 Å². The molecule has 2 aromatic carbocycles. The molecule has 4 N–H and O–H groups in total. The summed E-state index contributed by atoms with van der Waals surface area (Å²) in [6.45, 7) is 0.640. The first kappa shape index (κ1) is 13.4. The summed E-state index contributed by atoms with van der Waals surface area (Å²) < 4.78 is 0. The van der Waals surface area contributed by atoms with Crippen molar-refractivity contribution in [2.75, 3.05) is 0 Å². The lowest BCUT2D eigenvalue weighted by molar-refractivity contribution is 0.426. The third-order valence-electron chi connectivity index (χ3n) is 2.18. The van der Waals surface area contributed by atoms with E-state index in [0.717, 1.165) is 0 Å². The Morgan fingerprint density at radius 2 is 1.29 bits per heavy atom. The van der Waals surface area contributed by atoms with E-state index in [1.807, 2.05) is 36.4 Å². The van der Waals surface area contributed by atoms with Gasteiger partial charge in [-0.2, -0.15) is 0 Å². The van der Waals surface area contributed by atoms with Crippen LogP contribution in [0, 0.1) is 0 Å². The van der Waals surface area contributed by atoms with Crippen LogP contribution in [0.5, 0.6) is 0 Å². The minimum atomic E-state index is -1.34. The first-order valence-corrected chi connectivity index (χ1v) is 5.39. The highest BCUT2D eigenvalue weighted by atomic mass is 16.4. The zero-order valence-corrected chi connectivity index (χ0v) is 9.53. The lowest BCUT2D eigenvalue weighted by Gasteiger charge is -1.94. The summed E-state index contributed by atoms with van der Waals surface area (Å²) in [6.07, 6.45) is 0. The van der Waals surface area contributed by atoms with Gasteiger partial charge in [0.05, 0.1) is 0 Å². The maximum absolute atomic E-state index is 8.58. The average Bonchev–Trinajstić information content (AvgIpc) is 2.41. The van der Waals surface area contributed by atoms with Crippen molar-refractivity contribution in [1.82, 2.24) is 0 Å². The predicted molar refractivity (Wildman–Crippen MR) is 70.6 cm³/mol. The van der Waals surface area contributed by atoms with Crippen LogP contribution < -0.4 is 11.2 Å². The second kappa shape index (κ2) is 7.62. The summed E-state index contributed by atoms with van der Waals surface area (Å²) in [4.78, 5) is 0. The van der Waals surface area contributed by atoms with Crippen molar-refractivity contribution in [2.45, 2.75) is 6.54 Å². The first-order chi connectivity index (χ1) is 8.24. The van der Waals surface area contributed by atoms with E-state index in [1.165, 1.54) is 5.56 Å². The zero-order valence-electron chi connectivity index (χ0n) is 9.53. The molecule has 0 amide bonds. The van der Waals surface area contributed by atoms with Gasteiger partial charge in [0, 0.05) is 6.54 Å². The van der Waals surface area contributed by atoms with Gasteiger partial charge in [-0.15, -0.1) is 0 Å². The minimum absolute atomic E-state index is 0.525. The normalized spacial score (nSPS) is 9.12. The molecular weight excluding hydrogens is 213 g/mol. The van der Waals surface area contributed by atoms with Crippen molar-refractivity contribution in [3.8, 4) is 0 Å². The van der Waals surface area contributed by atoms with Crippen molar-refractivity contribution in [2.24, 2.45) is 5.73 Å². The Kier molecular flexibility index (Phi) is 6.03. The summed E-state index contributed by atoms with van der Waals surface area (Å²) in [5, 5.41) is 17.2. The molecule has 0 bridgehead atoms. The van der Waals surface area contributed by atoms with Gasteiger partial charge in [-0.3, -0.25) is 0 Å². The molecule has 2 rings (SSSR count). The monoisotopic (exact) mass is 229 g/mol. The van der Waals surface area contributed by atoms with Crippen LogP contribution in [0.3, 0.4) is 0 Å². The molecule has 0 fully saturated rings. The summed E-state index contributed by atoms with van der Waals surface area (Å²) >= 11 is 0. The number of nitrogens with two attached hydrogens (primary N) is 1. The number of hydrogen-bond donors (Lipinski definition) is 3.